The minimum Gasteiger partial charge on any atom is -0.494 e. The Morgan fingerprint density at radius 3 is 1.76 bits per heavy atom. The maximum atomic E-state index is 12.4. The van der Waals surface area contributed by atoms with Crippen molar-refractivity contribution in [3.8, 4) is 11.5 Å². The molecule has 2 aromatic carbocycles. The number of benzene rings is 2. The van der Waals surface area contributed by atoms with Gasteiger partial charge in [-0.15, -0.1) is 0 Å². The molecule has 34 heavy (non-hydrogen) atoms. The summed E-state index contributed by atoms with van der Waals surface area (Å²) in [7, 11) is 1.69. The minimum atomic E-state index is -0.463. The molecule has 2 aromatic rings. The van der Waals surface area contributed by atoms with Gasteiger partial charge in [-0.05, 0) is 74.2 Å². The SMILES string of the molecule is CCCCCCCOc1ccc(C(=O)Oc2ccc(C(=O)OCCCCCCOC)cc2)cc1. The first-order valence-electron chi connectivity index (χ1n) is 12.3. The standard InChI is InChI=1S/C28H38O6/c1-3-4-5-6-10-21-32-25-16-12-24(13-17-25)28(30)34-26-18-14-23(15-19-26)27(29)33-22-11-8-7-9-20-31-2/h12-19H,3-11,20-22H2,1-2H3. The zero-order valence-electron chi connectivity index (χ0n) is 20.6. The highest BCUT2D eigenvalue weighted by atomic mass is 16.5. The lowest BCUT2D eigenvalue weighted by Crippen LogP contribution is -2.09. The maximum Gasteiger partial charge on any atom is 0.343 e. The van der Waals surface area contributed by atoms with Crippen LogP contribution in [0.4, 0.5) is 0 Å². The summed E-state index contributed by atoms with van der Waals surface area (Å²) in [5.41, 5.74) is 0.861. The second-order valence-corrected chi connectivity index (χ2v) is 8.24. The van der Waals surface area contributed by atoms with E-state index in [4.69, 9.17) is 18.9 Å². The van der Waals surface area contributed by atoms with Crippen LogP contribution in [0.15, 0.2) is 48.5 Å². The lowest BCUT2D eigenvalue weighted by molar-refractivity contribution is 0.0497. The fourth-order valence-electron chi connectivity index (χ4n) is 3.36. The van der Waals surface area contributed by atoms with Crippen molar-refractivity contribution in [1.29, 1.82) is 0 Å². The molecule has 0 aliphatic carbocycles. The first-order valence-corrected chi connectivity index (χ1v) is 12.3. The molecule has 0 bridgehead atoms. The van der Waals surface area contributed by atoms with Gasteiger partial charge in [-0.2, -0.15) is 0 Å². The summed E-state index contributed by atoms with van der Waals surface area (Å²) < 4.78 is 21.5. The predicted molar refractivity (Wildman–Crippen MR) is 133 cm³/mol. The Hall–Kier alpha value is -2.86. The molecule has 0 fully saturated rings. The summed E-state index contributed by atoms with van der Waals surface area (Å²) >= 11 is 0. The number of unbranched alkanes of at least 4 members (excludes halogenated alkanes) is 7. The van der Waals surface area contributed by atoms with Gasteiger partial charge < -0.3 is 18.9 Å². The van der Waals surface area contributed by atoms with E-state index in [0.29, 0.717) is 30.1 Å². The molecule has 0 unspecified atom stereocenters. The molecule has 0 atom stereocenters. The highest BCUT2D eigenvalue weighted by molar-refractivity contribution is 5.92. The molecule has 6 heteroatoms. The minimum absolute atomic E-state index is 0.368. The summed E-state index contributed by atoms with van der Waals surface area (Å²) in [5.74, 6) is 0.266. The number of methoxy groups -OCH3 is 1. The first kappa shape index (κ1) is 27.4. The highest BCUT2D eigenvalue weighted by Gasteiger charge is 2.11. The first-order chi connectivity index (χ1) is 16.6. The third kappa shape index (κ3) is 10.8. The van der Waals surface area contributed by atoms with Crippen molar-refractivity contribution >= 4 is 11.9 Å². The molecule has 0 aliphatic heterocycles. The van der Waals surface area contributed by atoms with Crippen LogP contribution in [0.5, 0.6) is 11.5 Å². The molecule has 0 N–H and O–H groups in total. The lowest BCUT2D eigenvalue weighted by atomic mass is 10.2. The van der Waals surface area contributed by atoms with Gasteiger partial charge in [0.05, 0.1) is 24.3 Å². The average Bonchev–Trinajstić information content (AvgIpc) is 2.86. The number of carbonyl (C=O) groups is 2. The highest BCUT2D eigenvalue weighted by Crippen LogP contribution is 2.18. The van der Waals surface area contributed by atoms with Crippen molar-refractivity contribution in [3.63, 3.8) is 0 Å². The largest absolute Gasteiger partial charge is 0.494 e. The van der Waals surface area contributed by atoms with Crippen LogP contribution in [0.1, 0.15) is 85.4 Å². The smallest absolute Gasteiger partial charge is 0.343 e. The second-order valence-electron chi connectivity index (χ2n) is 8.24. The fourth-order valence-corrected chi connectivity index (χ4v) is 3.36. The van der Waals surface area contributed by atoms with Gasteiger partial charge in [0, 0.05) is 13.7 Å². The zero-order chi connectivity index (χ0) is 24.4. The molecule has 0 aromatic heterocycles. The Bertz CT molecular complexity index is 829. The van der Waals surface area contributed by atoms with Crippen LogP contribution in [-0.4, -0.2) is 38.9 Å². The van der Waals surface area contributed by atoms with Crippen LogP contribution in [0.3, 0.4) is 0 Å². The van der Waals surface area contributed by atoms with Gasteiger partial charge in [0.15, 0.2) is 0 Å². The number of hydrogen-bond acceptors (Lipinski definition) is 6. The van der Waals surface area contributed by atoms with Gasteiger partial charge >= 0.3 is 11.9 Å². The van der Waals surface area contributed by atoms with Gasteiger partial charge in [-0.3, -0.25) is 0 Å². The molecule has 0 spiro atoms. The van der Waals surface area contributed by atoms with Crippen molar-refractivity contribution in [1.82, 2.24) is 0 Å². The molecule has 186 valence electrons. The van der Waals surface area contributed by atoms with Crippen molar-refractivity contribution in [3.05, 3.63) is 59.7 Å². The predicted octanol–water partition coefficient (Wildman–Crippen LogP) is 6.62. The van der Waals surface area contributed by atoms with Crippen LogP contribution in [0.25, 0.3) is 0 Å². The fraction of sp³-hybridized carbons (Fsp3) is 0.500. The molecule has 0 amide bonds. The van der Waals surface area contributed by atoms with E-state index in [0.717, 1.165) is 44.5 Å². The molecule has 6 nitrogen and oxygen atoms in total. The van der Waals surface area contributed by atoms with Gasteiger partial charge in [-0.1, -0.05) is 39.0 Å². The number of esters is 2. The maximum absolute atomic E-state index is 12.4. The summed E-state index contributed by atoms with van der Waals surface area (Å²) in [6, 6.07) is 13.3. The van der Waals surface area contributed by atoms with Gasteiger partial charge in [0.2, 0.25) is 0 Å². The number of rotatable bonds is 17. The van der Waals surface area contributed by atoms with E-state index in [-0.39, 0.29) is 5.97 Å². The molecule has 0 aliphatic rings. The van der Waals surface area contributed by atoms with Crippen molar-refractivity contribution in [2.24, 2.45) is 0 Å². The van der Waals surface area contributed by atoms with E-state index < -0.39 is 5.97 Å². The molecule has 0 saturated carbocycles. The van der Waals surface area contributed by atoms with Crippen LogP contribution in [0.2, 0.25) is 0 Å². The molecular formula is C28H38O6. The molecular weight excluding hydrogens is 432 g/mol. The molecule has 2 rings (SSSR count). The van der Waals surface area contributed by atoms with E-state index in [1.807, 2.05) is 0 Å². The lowest BCUT2D eigenvalue weighted by Gasteiger charge is -2.08. The van der Waals surface area contributed by atoms with Gasteiger partial charge in [0.25, 0.3) is 0 Å². The topological polar surface area (TPSA) is 71.1 Å². The summed E-state index contributed by atoms with van der Waals surface area (Å²) in [4.78, 5) is 24.6. The van der Waals surface area contributed by atoms with Crippen LogP contribution in [0, 0.1) is 0 Å². The van der Waals surface area contributed by atoms with E-state index in [9.17, 15) is 9.59 Å². The molecule has 0 radical (unpaired) electrons. The molecule has 0 saturated heterocycles. The van der Waals surface area contributed by atoms with E-state index in [1.165, 1.54) is 25.7 Å². The zero-order valence-corrected chi connectivity index (χ0v) is 20.6. The normalized spacial score (nSPS) is 10.6. The Morgan fingerprint density at radius 2 is 1.15 bits per heavy atom. The number of ether oxygens (including phenoxy) is 4. The quantitative estimate of drug-likeness (QED) is 0.147. The number of carbonyl (C=O) groups excluding carboxylic acids is 2. The number of hydrogen-bond donors (Lipinski definition) is 0. The monoisotopic (exact) mass is 470 g/mol. The molecule has 0 heterocycles. The Kier molecular flexibility index (Phi) is 13.5. The third-order valence-corrected chi connectivity index (χ3v) is 5.38. The van der Waals surface area contributed by atoms with Crippen molar-refractivity contribution in [2.45, 2.75) is 64.7 Å². The van der Waals surface area contributed by atoms with E-state index >= 15 is 0 Å². The van der Waals surface area contributed by atoms with E-state index in [2.05, 4.69) is 6.92 Å². The average molecular weight is 471 g/mol. The van der Waals surface area contributed by atoms with Crippen LogP contribution < -0.4 is 9.47 Å². The van der Waals surface area contributed by atoms with Gasteiger partial charge in [-0.25, -0.2) is 9.59 Å². The van der Waals surface area contributed by atoms with Crippen molar-refractivity contribution in [2.75, 3.05) is 26.9 Å². The summed E-state index contributed by atoms with van der Waals surface area (Å²) in [5, 5.41) is 0. The third-order valence-electron chi connectivity index (χ3n) is 5.38. The Labute approximate surface area is 203 Å². The second kappa shape index (κ2) is 16.7. The Morgan fingerprint density at radius 1 is 0.618 bits per heavy atom. The Balaban J connectivity index is 1.71. The van der Waals surface area contributed by atoms with Crippen molar-refractivity contribution < 1.29 is 28.5 Å². The van der Waals surface area contributed by atoms with E-state index in [1.54, 1.807) is 55.6 Å². The summed E-state index contributed by atoms with van der Waals surface area (Å²) in [6.07, 6.45) is 9.83. The van der Waals surface area contributed by atoms with Crippen LogP contribution in [-0.2, 0) is 9.47 Å². The summed E-state index contributed by atoms with van der Waals surface area (Å²) in [6.45, 7) is 4.03. The van der Waals surface area contributed by atoms with Crippen LogP contribution >= 0.6 is 0 Å². The van der Waals surface area contributed by atoms with Gasteiger partial charge in [0.1, 0.15) is 11.5 Å².